The molecule has 19 heavy (non-hydrogen) atoms. The van der Waals surface area contributed by atoms with Crippen LogP contribution in [-0.2, 0) is 6.54 Å². The molecule has 0 amide bonds. The molecule has 1 aliphatic rings. The highest BCUT2D eigenvalue weighted by Gasteiger charge is 2.15. The number of ether oxygens (including phenoxy) is 1. The van der Waals surface area contributed by atoms with E-state index in [4.69, 9.17) is 4.74 Å². The molecule has 1 aromatic heterocycles. The number of aromatic nitrogens is 1. The Morgan fingerprint density at radius 1 is 1.42 bits per heavy atom. The summed E-state index contributed by atoms with van der Waals surface area (Å²) in [6.07, 6.45) is 5.90. The molecule has 1 unspecified atom stereocenters. The highest BCUT2D eigenvalue weighted by Crippen LogP contribution is 2.12. The van der Waals surface area contributed by atoms with Gasteiger partial charge in [0.15, 0.2) is 0 Å². The van der Waals surface area contributed by atoms with Gasteiger partial charge in [0.05, 0.1) is 7.11 Å². The minimum absolute atomic E-state index is 0.653. The Bertz CT molecular complexity index is 360. The van der Waals surface area contributed by atoms with Gasteiger partial charge in [0.25, 0.3) is 0 Å². The number of likely N-dealkylation sites (N-methyl/N-ethyl adjacent to an activating group) is 1. The molecule has 0 radical (unpaired) electrons. The maximum Gasteiger partial charge on any atom is 0.212 e. The van der Waals surface area contributed by atoms with Crippen molar-refractivity contribution in [3.8, 4) is 5.88 Å². The van der Waals surface area contributed by atoms with Crippen molar-refractivity contribution in [1.29, 1.82) is 0 Å². The van der Waals surface area contributed by atoms with Crippen LogP contribution in [0.15, 0.2) is 18.3 Å². The molecule has 4 nitrogen and oxygen atoms in total. The summed E-state index contributed by atoms with van der Waals surface area (Å²) in [7, 11) is 1.65. The normalized spacial score (nSPS) is 19.6. The van der Waals surface area contributed by atoms with Crippen LogP contribution in [0.1, 0.15) is 31.7 Å². The average Bonchev–Trinajstić information content (AvgIpc) is 2.48. The highest BCUT2D eigenvalue weighted by molar-refractivity contribution is 5.17. The van der Waals surface area contributed by atoms with Crippen molar-refractivity contribution in [1.82, 2.24) is 15.2 Å². The van der Waals surface area contributed by atoms with Crippen LogP contribution in [0, 0.1) is 0 Å². The Hall–Kier alpha value is -1.13. The van der Waals surface area contributed by atoms with Gasteiger partial charge in [-0.05, 0) is 31.5 Å². The van der Waals surface area contributed by atoms with Crippen molar-refractivity contribution in [2.75, 3.05) is 26.7 Å². The predicted molar refractivity (Wildman–Crippen MR) is 77.4 cm³/mol. The molecule has 1 atom stereocenters. The number of hydrogen-bond donors (Lipinski definition) is 1. The second-order valence-corrected chi connectivity index (χ2v) is 5.18. The summed E-state index contributed by atoms with van der Waals surface area (Å²) in [4.78, 5) is 6.75. The summed E-state index contributed by atoms with van der Waals surface area (Å²) < 4.78 is 5.09. The Morgan fingerprint density at radius 2 is 2.32 bits per heavy atom. The van der Waals surface area contributed by atoms with Gasteiger partial charge in [-0.2, -0.15) is 0 Å². The molecule has 2 heterocycles. The number of hydrogen-bond acceptors (Lipinski definition) is 4. The third-order valence-electron chi connectivity index (χ3n) is 3.75. The summed E-state index contributed by atoms with van der Waals surface area (Å²) in [6, 6.07) is 4.69. The van der Waals surface area contributed by atoms with Crippen molar-refractivity contribution in [3.63, 3.8) is 0 Å². The molecule has 0 saturated carbocycles. The molecule has 0 spiro atoms. The van der Waals surface area contributed by atoms with Crippen molar-refractivity contribution in [2.45, 2.75) is 38.8 Å². The molecule has 1 saturated heterocycles. The van der Waals surface area contributed by atoms with Gasteiger partial charge in [0.1, 0.15) is 0 Å². The van der Waals surface area contributed by atoms with Crippen LogP contribution in [0.3, 0.4) is 0 Å². The lowest BCUT2D eigenvalue weighted by Gasteiger charge is -2.29. The fraction of sp³-hybridized carbons (Fsp3) is 0.667. The fourth-order valence-corrected chi connectivity index (χ4v) is 2.58. The Kier molecular flexibility index (Phi) is 5.61. The van der Waals surface area contributed by atoms with Crippen molar-refractivity contribution in [3.05, 3.63) is 23.9 Å². The van der Waals surface area contributed by atoms with Gasteiger partial charge in [-0.25, -0.2) is 4.98 Å². The molecule has 0 aromatic carbocycles. The van der Waals surface area contributed by atoms with Crippen LogP contribution in [-0.4, -0.2) is 42.7 Å². The second-order valence-electron chi connectivity index (χ2n) is 5.18. The van der Waals surface area contributed by atoms with Crippen LogP contribution >= 0.6 is 0 Å². The van der Waals surface area contributed by atoms with Gasteiger partial charge in [-0.1, -0.05) is 19.4 Å². The lowest BCUT2D eigenvalue weighted by Crippen LogP contribution is -2.43. The lowest BCUT2D eigenvalue weighted by molar-refractivity contribution is 0.226. The maximum absolute atomic E-state index is 5.09. The SMILES string of the molecule is CCN(Cc1ccc(OC)nc1)CC1CCCCN1. The Morgan fingerprint density at radius 3 is 2.89 bits per heavy atom. The summed E-state index contributed by atoms with van der Waals surface area (Å²) in [6.45, 7) is 6.56. The summed E-state index contributed by atoms with van der Waals surface area (Å²) in [5.41, 5.74) is 1.25. The largest absolute Gasteiger partial charge is 0.481 e. The number of rotatable bonds is 6. The number of pyridine rings is 1. The van der Waals surface area contributed by atoms with Gasteiger partial charge in [-0.3, -0.25) is 4.90 Å². The molecule has 106 valence electrons. The van der Waals surface area contributed by atoms with E-state index in [9.17, 15) is 0 Å². The van der Waals surface area contributed by atoms with E-state index in [0.29, 0.717) is 11.9 Å². The lowest BCUT2D eigenvalue weighted by atomic mass is 10.0. The van der Waals surface area contributed by atoms with Crippen molar-refractivity contribution in [2.24, 2.45) is 0 Å². The second kappa shape index (κ2) is 7.46. The van der Waals surface area contributed by atoms with E-state index < -0.39 is 0 Å². The summed E-state index contributed by atoms with van der Waals surface area (Å²) >= 11 is 0. The first kappa shape index (κ1) is 14.3. The van der Waals surface area contributed by atoms with Gasteiger partial charge in [0.2, 0.25) is 5.88 Å². The van der Waals surface area contributed by atoms with Gasteiger partial charge < -0.3 is 10.1 Å². The molecule has 1 aromatic rings. The van der Waals surface area contributed by atoms with Crippen molar-refractivity contribution >= 4 is 0 Å². The standard InChI is InChI=1S/C15H25N3O/c1-3-18(12-14-6-4-5-9-16-14)11-13-7-8-15(19-2)17-10-13/h7-8,10,14,16H,3-6,9,11-12H2,1-2H3. The monoisotopic (exact) mass is 263 g/mol. The van der Waals surface area contributed by atoms with E-state index in [1.807, 2.05) is 12.3 Å². The topological polar surface area (TPSA) is 37.4 Å². The first-order valence-corrected chi connectivity index (χ1v) is 7.26. The first-order valence-electron chi connectivity index (χ1n) is 7.26. The average molecular weight is 263 g/mol. The third kappa shape index (κ3) is 4.48. The quantitative estimate of drug-likeness (QED) is 0.852. The molecule has 4 heteroatoms. The molecule has 1 N–H and O–H groups in total. The number of nitrogens with one attached hydrogen (secondary N) is 1. The van der Waals surface area contributed by atoms with Gasteiger partial charge >= 0.3 is 0 Å². The maximum atomic E-state index is 5.09. The molecule has 0 bridgehead atoms. The van der Waals surface area contributed by atoms with Crippen LogP contribution in [0.25, 0.3) is 0 Å². The fourth-order valence-electron chi connectivity index (χ4n) is 2.58. The van der Waals surface area contributed by atoms with E-state index in [1.54, 1.807) is 7.11 Å². The Balaban J connectivity index is 1.86. The molecule has 1 fully saturated rings. The first-order chi connectivity index (χ1) is 9.31. The minimum atomic E-state index is 0.653. The van der Waals surface area contributed by atoms with Crippen LogP contribution in [0.4, 0.5) is 0 Å². The van der Waals surface area contributed by atoms with E-state index in [1.165, 1.54) is 31.4 Å². The molecule has 1 aliphatic heterocycles. The molecular weight excluding hydrogens is 238 g/mol. The number of piperidine rings is 1. The van der Waals surface area contributed by atoms with Crippen LogP contribution in [0.2, 0.25) is 0 Å². The van der Waals surface area contributed by atoms with E-state index in [0.717, 1.165) is 19.6 Å². The minimum Gasteiger partial charge on any atom is -0.481 e. The van der Waals surface area contributed by atoms with Gasteiger partial charge in [-0.15, -0.1) is 0 Å². The zero-order valence-electron chi connectivity index (χ0n) is 12.1. The van der Waals surface area contributed by atoms with E-state index >= 15 is 0 Å². The van der Waals surface area contributed by atoms with E-state index in [-0.39, 0.29) is 0 Å². The van der Waals surface area contributed by atoms with E-state index in [2.05, 4.69) is 28.2 Å². The number of nitrogens with zero attached hydrogens (tertiary/aromatic N) is 2. The zero-order chi connectivity index (χ0) is 13.5. The third-order valence-corrected chi connectivity index (χ3v) is 3.75. The summed E-state index contributed by atoms with van der Waals surface area (Å²) in [5, 5.41) is 3.61. The molecular formula is C15H25N3O. The van der Waals surface area contributed by atoms with Crippen LogP contribution < -0.4 is 10.1 Å². The van der Waals surface area contributed by atoms with Gasteiger partial charge in [0, 0.05) is 31.4 Å². The highest BCUT2D eigenvalue weighted by atomic mass is 16.5. The van der Waals surface area contributed by atoms with Crippen molar-refractivity contribution < 1.29 is 4.74 Å². The zero-order valence-corrected chi connectivity index (χ0v) is 12.1. The molecule has 2 rings (SSSR count). The number of methoxy groups -OCH3 is 1. The Labute approximate surface area is 116 Å². The van der Waals surface area contributed by atoms with Crippen LogP contribution in [0.5, 0.6) is 5.88 Å². The smallest absolute Gasteiger partial charge is 0.212 e. The predicted octanol–water partition coefficient (Wildman–Crippen LogP) is 2.05. The summed E-state index contributed by atoms with van der Waals surface area (Å²) in [5.74, 6) is 0.681. The molecule has 0 aliphatic carbocycles.